The molecule has 2 amide bonds. The molecule has 0 bridgehead atoms. The Morgan fingerprint density at radius 2 is 1.69 bits per heavy atom. The molecule has 3 rings (SSSR count). The molecule has 0 spiro atoms. The van der Waals surface area contributed by atoms with Gasteiger partial charge < -0.3 is 14.8 Å². The van der Waals surface area contributed by atoms with Gasteiger partial charge in [-0.1, -0.05) is 48.0 Å². The third kappa shape index (κ3) is 7.28. The summed E-state index contributed by atoms with van der Waals surface area (Å²) < 4.78 is 10.6. The van der Waals surface area contributed by atoms with Gasteiger partial charge in [-0.2, -0.15) is 5.10 Å². The Morgan fingerprint density at radius 1 is 0.914 bits per heavy atom. The van der Waals surface area contributed by atoms with Crippen LogP contribution in [0.4, 0.5) is 5.69 Å². The molecular weight excluding hydrogens is 470 g/mol. The molecule has 0 radical (unpaired) electrons. The molecule has 0 saturated heterocycles. The molecule has 8 nitrogen and oxygen atoms in total. The summed E-state index contributed by atoms with van der Waals surface area (Å²) in [6, 6.07) is 19.0. The van der Waals surface area contributed by atoms with Crippen LogP contribution in [-0.2, 0) is 14.4 Å². The maximum absolute atomic E-state index is 12.1. The van der Waals surface area contributed by atoms with E-state index in [1.165, 1.54) is 25.5 Å². The third-order valence-electron chi connectivity index (χ3n) is 4.71. The van der Waals surface area contributed by atoms with Gasteiger partial charge in [0, 0.05) is 16.8 Å². The van der Waals surface area contributed by atoms with E-state index in [2.05, 4.69) is 15.8 Å². The minimum atomic E-state index is -0.955. The van der Waals surface area contributed by atoms with Gasteiger partial charge in [0.05, 0.1) is 13.3 Å². The minimum absolute atomic E-state index is 0.215. The zero-order chi connectivity index (χ0) is 25.2. The van der Waals surface area contributed by atoms with Crippen LogP contribution in [0.1, 0.15) is 16.7 Å². The van der Waals surface area contributed by atoms with Crippen LogP contribution < -0.4 is 20.2 Å². The summed E-state index contributed by atoms with van der Waals surface area (Å²) in [5.74, 6) is -1.91. The van der Waals surface area contributed by atoms with Crippen molar-refractivity contribution in [2.24, 2.45) is 5.10 Å². The molecule has 3 aromatic rings. The van der Waals surface area contributed by atoms with E-state index in [-0.39, 0.29) is 11.5 Å². The number of methoxy groups -OCH3 is 1. The van der Waals surface area contributed by atoms with Crippen molar-refractivity contribution >= 4 is 47.4 Å². The van der Waals surface area contributed by atoms with Crippen molar-refractivity contribution in [2.45, 2.75) is 6.92 Å². The summed E-state index contributed by atoms with van der Waals surface area (Å²) in [6.07, 6.45) is 4.28. The quantitative estimate of drug-likeness (QED) is 0.127. The van der Waals surface area contributed by atoms with E-state index in [4.69, 9.17) is 21.1 Å². The van der Waals surface area contributed by atoms with Crippen LogP contribution in [-0.4, -0.2) is 31.1 Å². The lowest BCUT2D eigenvalue weighted by molar-refractivity contribution is -0.136. The predicted octanol–water partition coefficient (Wildman–Crippen LogP) is 4.36. The fourth-order valence-corrected chi connectivity index (χ4v) is 3.03. The zero-order valence-electron chi connectivity index (χ0n) is 18.9. The van der Waals surface area contributed by atoms with Crippen molar-refractivity contribution < 1.29 is 23.9 Å². The zero-order valence-corrected chi connectivity index (χ0v) is 19.7. The molecule has 0 fully saturated rings. The highest BCUT2D eigenvalue weighted by molar-refractivity contribution is 6.40. The standard InChI is InChI=1S/C26H22ClN3O5/c1-17-20(27)9-6-10-21(17)29-25(32)26(33)30-28-16-19-11-13-22(23(15-19)34-2)35-24(31)14-12-18-7-4-3-5-8-18/h3-16H,1-2H3,(H,29,32)(H,30,33). The van der Waals surface area contributed by atoms with E-state index in [9.17, 15) is 14.4 Å². The van der Waals surface area contributed by atoms with E-state index >= 15 is 0 Å². The minimum Gasteiger partial charge on any atom is -0.493 e. The van der Waals surface area contributed by atoms with Crippen LogP contribution in [0, 0.1) is 6.92 Å². The molecule has 0 aliphatic heterocycles. The Hall–Kier alpha value is -4.43. The monoisotopic (exact) mass is 491 g/mol. The highest BCUT2D eigenvalue weighted by Crippen LogP contribution is 2.28. The number of halogens is 1. The number of hydrogen-bond donors (Lipinski definition) is 2. The van der Waals surface area contributed by atoms with E-state index in [1.54, 1.807) is 43.3 Å². The highest BCUT2D eigenvalue weighted by atomic mass is 35.5. The molecular formula is C26H22ClN3O5. The van der Waals surface area contributed by atoms with Gasteiger partial charge in [0.1, 0.15) is 0 Å². The number of nitrogens with zero attached hydrogens (tertiary/aromatic N) is 1. The number of carbonyl (C=O) groups excluding carboxylic acids is 3. The van der Waals surface area contributed by atoms with Crippen molar-refractivity contribution in [1.29, 1.82) is 0 Å². The summed E-state index contributed by atoms with van der Waals surface area (Å²) in [6.45, 7) is 1.72. The van der Waals surface area contributed by atoms with Crippen LogP contribution >= 0.6 is 11.6 Å². The second kappa shape index (κ2) is 12.2. The van der Waals surface area contributed by atoms with E-state index in [1.807, 2.05) is 30.3 Å². The number of benzene rings is 3. The summed E-state index contributed by atoms with van der Waals surface area (Å²) in [5, 5.41) is 6.74. The topological polar surface area (TPSA) is 106 Å². The van der Waals surface area contributed by atoms with Crippen LogP contribution in [0.15, 0.2) is 77.9 Å². The first-order valence-electron chi connectivity index (χ1n) is 10.4. The predicted molar refractivity (Wildman–Crippen MR) is 135 cm³/mol. The SMILES string of the molecule is COc1cc(C=NNC(=O)C(=O)Nc2cccc(Cl)c2C)ccc1OC(=O)C=Cc1ccccc1. The van der Waals surface area contributed by atoms with Crippen LogP contribution in [0.5, 0.6) is 11.5 Å². The molecule has 35 heavy (non-hydrogen) atoms. The Balaban J connectivity index is 1.58. The van der Waals surface area contributed by atoms with Crippen LogP contribution in [0.3, 0.4) is 0 Å². The van der Waals surface area contributed by atoms with Crippen molar-refractivity contribution in [3.05, 3.63) is 94.5 Å². The Bertz CT molecular complexity index is 1290. The average molecular weight is 492 g/mol. The molecule has 0 heterocycles. The number of amides is 2. The van der Waals surface area contributed by atoms with Gasteiger partial charge in [-0.3, -0.25) is 9.59 Å². The molecule has 2 N–H and O–H groups in total. The Kier molecular flexibility index (Phi) is 8.75. The first kappa shape index (κ1) is 25.2. The average Bonchev–Trinajstić information content (AvgIpc) is 2.86. The van der Waals surface area contributed by atoms with Gasteiger partial charge in [-0.15, -0.1) is 0 Å². The van der Waals surface area contributed by atoms with E-state index in [0.717, 1.165) is 5.56 Å². The largest absolute Gasteiger partial charge is 0.493 e. The van der Waals surface area contributed by atoms with Crippen molar-refractivity contribution in [3.63, 3.8) is 0 Å². The van der Waals surface area contributed by atoms with Crippen LogP contribution in [0.25, 0.3) is 6.08 Å². The number of hydrogen-bond acceptors (Lipinski definition) is 6. The third-order valence-corrected chi connectivity index (χ3v) is 5.12. The van der Waals surface area contributed by atoms with Crippen molar-refractivity contribution in [2.75, 3.05) is 12.4 Å². The molecule has 0 saturated carbocycles. The summed E-state index contributed by atoms with van der Waals surface area (Å²) >= 11 is 6.02. The Morgan fingerprint density at radius 3 is 2.43 bits per heavy atom. The van der Waals surface area contributed by atoms with Gasteiger partial charge >= 0.3 is 17.8 Å². The number of hydrazone groups is 1. The molecule has 9 heteroatoms. The molecule has 0 unspecified atom stereocenters. The smallest absolute Gasteiger partial charge is 0.336 e. The van der Waals surface area contributed by atoms with Gasteiger partial charge in [0.2, 0.25) is 0 Å². The van der Waals surface area contributed by atoms with E-state index in [0.29, 0.717) is 21.8 Å². The number of anilines is 1. The first-order valence-corrected chi connectivity index (χ1v) is 10.8. The highest BCUT2D eigenvalue weighted by Gasteiger charge is 2.15. The number of ether oxygens (including phenoxy) is 2. The van der Waals surface area contributed by atoms with Gasteiger partial charge in [0.15, 0.2) is 11.5 Å². The summed E-state index contributed by atoms with van der Waals surface area (Å²) in [7, 11) is 1.43. The lowest BCUT2D eigenvalue weighted by atomic mass is 10.2. The number of esters is 1. The number of rotatable bonds is 7. The molecule has 0 aromatic heterocycles. The fraction of sp³-hybridized carbons (Fsp3) is 0.0769. The maximum Gasteiger partial charge on any atom is 0.336 e. The fourth-order valence-electron chi connectivity index (χ4n) is 2.86. The van der Waals surface area contributed by atoms with Gasteiger partial charge in [-0.05, 0) is 60.0 Å². The molecule has 178 valence electrons. The molecule has 0 atom stereocenters. The van der Waals surface area contributed by atoms with E-state index < -0.39 is 17.8 Å². The number of carbonyl (C=O) groups is 3. The number of nitrogens with one attached hydrogen (secondary N) is 2. The molecule has 0 aliphatic carbocycles. The lowest BCUT2D eigenvalue weighted by Gasteiger charge is -2.09. The normalized spacial score (nSPS) is 10.8. The maximum atomic E-state index is 12.1. The van der Waals surface area contributed by atoms with Crippen molar-refractivity contribution in [3.8, 4) is 11.5 Å². The second-order valence-corrected chi connectivity index (χ2v) is 7.55. The first-order chi connectivity index (χ1) is 16.9. The summed E-state index contributed by atoms with van der Waals surface area (Å²) in [5.41, 5.74) is 4.62. The molecule has 3 aromatic carbocycles. The lowest BCUT2D eigenvalue weighted by Crippen LogP contribution is -2.32. The second-order valence-electron chi connectivity index (χ2n) is 7.14. The molecule has 0 aliphatic rings. The summed E-state index contributed by atoms with van der Waals surface area (Å²) in [4.78, 5) is 36.3. The van der Waals surface area contributed by atoms with Crippen molar-refractivity contribution in [1.82, 2.24) is 5.43 Å². The van der Waals surface area contributed by atoms with Gasteiger partial charge in [-0.25, -0.2) is 10.2 Å². The Labute approximate surface area is 207 Å². The van der Waals surface area contributed by atoms with Crippen LogP contribution in [0.2, 0.25) is 5.02 Å². The van der Waals surface area contributed by atoms with Gasteiger partial charge in [0.25, 0.3) is 0 Å².